The Balaban J connectivity index is 2.13. The number of amides is 1. The second-order valence-corrected chi connectivity index (χ2v) is 4.15. The van der Waals surface area contributed by atoms with Crippen molar-refractivity contribution in [2.24, 2.45) is 0 Å². The quantitative estimate of drug-likeness (QED) is 0.825. The first-order chi connectivity index (χ1) is 8.60. The lowest BCUT2D eigenvalue weighted by Gasteiger charge is -2.19. The van der Waals surface area contributed by atoms with Gasteiger partial charge >= 0.3 is 5.97 Å². The number of benzene rings is 1. The Kier molecular flexibility index (Phi) is 3.50. The summed E-state index contributed by atoms with van der Waals surface area (Å²) in [5.74, 6) is 0.103. The Morgan fingerprint density at radius 3 is 2.89 bits per heavy atom. The van der Waals surface area contributed by atoms with Gasteiger partial charge in [0.05, 0.1) is 7.11 Å². The van der Waals surface area contributed by atoms with E-state index in [0.717, 1.165) is 17.7 Å². The van der Waals surface area contributed by atoms with Gasteiger partial charge in [-0.05, 0) is 25.0 Å². The number of esters is 1. The summed E-state index contributed by atoms with van der Waals surface area (Å²) in [5, 5.41) is 2.78. The smallest absolute Gasteiger partial charge is 0.346 e. The number of methoxy groups -OCH3 is 1. The van der Waals surface area contributed by atoms with E-state index in [9.17, 15) is 9.59 Å². The Morgan fingerprint density at radius 1 is 1.39 bits per heavy atom. The van der Waals surface area contributed by atoms with Gasteiger partial charge in [0.1, 0.15) is 5.75 Å². The lowest BCUT2D eigenvalue weighted by molar-refractivity contribution is -0.147. The molecule has 0 radical (unpaired) electrons. The molecular formula is C13H15NO4. The molecule has 1 heterocycles. The SMILES string of the molecule is COC(=O)C(C)Oc1ccc2c(c1)NC(=O)CC2. The summed E-state index contributed by atoms with van der Waals surface area (Å²) in [6.07, 6.45) is 0.562. The summed E-state index contributed by atoms with van der Waals surface area (Å²) >= 11 is 0. The van der Waals surface area contributed by atoms with E-state index in [1.54, 1.807) is 19.1 Å². The van der Waals surface area contributed by atoms with Crippen LogP contribution in [0.2, 0.25) is 0 Å². The number of carbonyl (C=O) groups is 2. The van der Waals surface area contributed by atoms with Gasteiger partial charge in [-0.15, -0.1) is 0 Å². The number of aryl methyl sites for hydroxylation is 1. The molecule has 1 aliphatic heterocycles. The summed E-state index contributed by atoms with van der Waals surface area (Å²) in [4.78, 5) is 22.5. The molecule has 1 aliphatic rings. The normalized spacial score (nSPS) is 15.3. The van der Waals surface area contributed by atoms with Crippen molar-refractivity contribution in [2.75, 3.05) is 12.4 Å². The second-order valence-electron chi connectivity index (χ2n) is 4.15. The molecule has 18 heavy (non-hydrogen) atoms. The van der Waals surface area contributed by atoms with Crippen LogP contribution in [0.1, 0.15) is 18.9 Å². The van der Waals surface area contributed by atoms with Gasteiger partial charge < -0.3 is 14.8 Å². The summed E-state index contributed by atoms with van der Waals surface area (Å²) in [6.45, 7) is 1.61. The minimum absolute atomic E-state index is 0.000617. The fourth-order valence-electron chi connectivity index (χ4n) is 1.84. The topological polar surface area (TPSA) is 64.6 Å². The molecule has 1 unspecified atom stereocenters. The van der Waals surface area contributed by atoms with Gasteiger partial charge in [0.15, 0.2) is 6.10 Å². The van der Waals surface area contributed by atoms with Crippen molar-refractivity contribution in [1.82, 2.24) is 0 Å². The molecule has 0 aromatic heterocycles. The van der Waals surface area contributed by atoms with Gasteiger partial charge in [0.2, 0.25) is 5.91 Å². The summed E-state index contributed by atoms with van der Waals surface area (Å²) in [5.41, 5.74) is 1.83. The van der Waals surface area contributed by atoms with Gasteiger partial charge in [-0.1, -0.05) is 6.07 Å². The van der Waals surface area contributed by atoms with Crippen molar-refractivity contribution < 1.29 is 19.1 Å². The van der Waals surface area contributed by atoms with Crippen LogP contribution in [-0.4, -0.2) is 25.1 Å². The maximum Gasteiger partial charge on any atom is 0.346 e. The highest BCUT2D eigenvalue weighted by Gasteiger charge is 2.18. The zero-order valence-corrected chi connectivity index (χ0v) is 10.4. The van der Waals surface area contributed by atoms with Crippen LogP contribution in [0.25, 0.3) is 0 Å². The average Bonchev–Trinajstić information content (AvgIpc) is 2.37. The molecule has 1 aromatic rings. The molecule has 5 heteroatoms. The van der Waals surface area contributed by atoms with Gasteiger partial charge in [0, 0.05) is 18.2 Å². The number of anilines is 1. The van der Waals surface area contributed by atoms with Crippen molar-refractivity contribution in [3.8, 4) is 5.75 Å². The van der Waals surface area contributed by atoms with Gasteiger partial charge in [-0.25, -0.2) is 4.79 Å². The number of nitrogens with one attached hydrogen (secondary N) is 1. The van der Waals surface area contributed by atoms with E-state index in [1.165, 1.54) is 7.11 Å². The minimum Gasteiger partial charge on any atom is -0.479 e. The fraction of sp³-hybridized carbons (Fsp3) is 0.385. The molecule has 96 valence electrons. The first-order valence-electron chi connectivity index (χ1n) is 5.77. The molecule has 1 aromatic carbocycles. The van der Waals surface area contributed by atoms with E-state index in [4.69, 9.17) is 4.74 Å². The van der Waals surface area contributed by atoms with Gasteiger partial charge in [0.25, 0.3) is 0 Å². The van der Waals surface area contributed by atoms with Crippen molar-refractivity contribution in [3.63, 3.8) is 0 Å². The predicted molar refractivity (Wildman–Crippen MR) is 65.5 cm³/mol. The van der Waals surface area contributed by atoms with Crippen LogP contribution >= 0.6 is 0 Å². The van der Waals surface area contributed by atoms with E-state index in [1.807, 2.05) is 6.07 Å². The molecule has 1 atom stereocenters. The molecule has 0 fully saturated rings. The fourth-order valence-corrected chi connectivity index (χ4v) is 1.84. The highest BCUT2D eigenvalue weighted by Crippen LogP contribution is 2.27. The number of rotatable bonds is 3. The molecular weight excluding hydrogens is 234 g/mol. The van der Waals surface area contributed by atoms with E-state index < -0.39 is 12.1 Å². The van der Waals surface area contributed by atoms with Crippen molar-refractivity contribution in [2.45, 2.75) is 25.9 Å². The highest BCUT2D eigenvalue weighted by atomic mass is 16.6. The summed E-state index contributed by atoms with van der Waals surface area (Å²) in [6, 6.07) is 5.41. The van der Waals surface area contributed by atoms with Crippen LogP contribution in [0, 0.1) is 0 Å². The summed E-state index contributed by atoms with van der Waals surface area (Å²) in [7, 11) is 1.31. The average molecular weight is 249 g/mol. The molecule has 1 N–H and O–H groups in total. The Bertz CT molecular complexity index is 484. The van der Waals surface area contributed by atoms with Crippen molar-refractivity contribution in [1.29, 1.82) is 0 Å². The van der Waals surface area contributed by atoms with Crippen LogP contribution in [0.5, 0.6) is 5.75 Å². The third-order valence-corrected chi connectivity index (χ3v) is 2.82. The number of carbonyl (C=O) groups excluding carboxylic acids is 2. The lowest BCUT2D eigenvalue weighted by Crippen LogP contribution is -2.25. The van der Waals surface area contributed by atoms with Crippen LogP contribution in [-0.2, 0) is 20.7 Å². The first-order valence-corrected chi connectivity index (χ1v) is 5.77. The molecule has 2 rings (SSSR count). The summed E-state index contributed by atoms with van der Waals surface area (Å²) < 4.78 is 10.0. The Labute approximate surface area is 105 Å². The second kappa shape index (κ2) is 5.08. The number of hydrogen-bond donors (Lipinski definition) is 1. The molecule has 0 saturated carbocycles. The van der Waals surface area contributed by atoms with Crippen LogP contribution in [0.15, 0.2) is 18.2 Å². The van der Waals surface area contributed by atoms with Crippen LogP contribution in [0.3, 0.4) is 0 Å². The third kappa shape index (κ3) is 2.61. The zero-order chi connectivity index (χ0) is 13.1. The predicted octanol–water partition coefficient (Wildman–Crippen LogP) is 1.51. The van der Waals surface area contributed by atoms with Gasteiger partial charge in [-0.2, -0.15) is 0 Å². The van der Waals surface area contributed by atoms with Crippen LogP contribution in [0.4, 0.5) is 5.69 Å². The highest BCUT2D eigenvalue weighted by molar-refractivity contribution is 5.94. The maximum atomic E-state index is 11.3. The molecule has 0 aliphatic carbocycles. The van der Waals surface area contributed by atoms with E-state index in [2.05, 4.69) is 10.1 Å². The first kappa shape index (κ1) is 12.4. The number of hydrogen-bond acceptors (Lipinski definition) is 4. The molecule has 1 amide bonds. The monoisotopic (exact) mass is 249 g/mol. The molecule has 5 nitrogen and oxygen atoms in total. The Morgan fingerprint density at radius 2 is 2.17 bits per heavy atom. The largest absolute Gasteiger partial charge is 0.479 e. The molecule has 0 saturated heterocycles. The van der Waals surface area contributed by atoms with Crippen LogP contribution < -0.4 is 10.1 Å². The van der Waals surface area contributed by atoms with E-state index in [0.29, 0.717) is 12.2 Å². The molecule has 0 spiro atoms. The lowest BCUT2D eigenvalue weighted by atomic mass is 10.0. The van der Waals surface area contributed by atoms with Crippen molar-refractivity contribution in [3.05, 3.63) is 23.8 Å². The van der Waals surface area contributed by atoms with E-state index in [-0.39, 0.29) is 5.91 Å². The maximum absolute atomic E-state index is 11.3. The third-order valence-electron chi connectivity index (χ3n) is 2.82. The number of fused-ring (bicyclic) bond motifs is 1. The zero-order valence-electron chi connectivity index (χ0n) is 10.4. The van der Waals surface area contributed by atoms with Gasteiger partial charge in [-0.3, -0.25) is 4.79 Å². The minimum atomic E-state index is -0.674. The van der Waals surface area contributed by atoms with Crippen molar-refractivity contribution >= 4 is 17.6 Å². The Hall–Kier alpha value is -2.04. The number of ether oxygens (including phenoxy) is 2. The van der Waals surface area contributed by atoms with E-state index >= 15 is 0 Å². The standard InChI is InChI=1S/C13H15NO4/c1-8(13(16)17-2)18-10-5-3-9-4-6-12(15)14-11(9)7-10/h3,5,7-8H,4,6H2,1-2H3,(H,14,15). The molecule has 0 bridgehead atoms.